The van der Waals surface area contributed by atoms with Crippen LogP contribution in [0.5, 0.6) is 0 Å². The lowest BCUT2D eigenvalue weighted by Crippen LogP contribution is -2.45. The number of carbonyl (C=O) groups excluding carboxylic acids is 1. The summed E-state index contributed by atoms with van der Waals surface area (Å²) in [5.74, 6) is 0.129. The molecule has 178 valence electrons. The predicted molar refractivity (Wildman–Crippen MR) is 125 cm³/mol. The van der Waals surface area contributed by atoms with E-state index in [1.165, 1.54) is 0 Å². The Bertz CT molecular complexity index is 573. The summed E-state index contributed by atoms with van der Waals surface area (Å²) in [6.07, 6.45) is 0.751. The Balaban J connectivity index is 2.47. The summed E-state index contributed by atoms with van der Waals surface area (Å²) in [5.41, 5.74) is -1.76. The van der Waals surface area contributed by atoms with E-state index in [4.69, 9.17) is 13.8 Å². The van der Waals surface area contributed by atoms with Crippen LogP contribution in [-0.2, 0) is 23.1 Å². The van der Waals surface area contributed by atoms with Crippen molar-refractivity contribution in [3.8, 4) is 0 Å². The number of piperazine rings is 1. The Kier molecular flexibility index (Phi) is 10.4. The number of esters is 1. The molecule has 0 bridgehead atoms. The van der Waals surface area contributed by atoms with Crippen molar-refractivity contribution in [2.24, 2.45) is 5.41 Å². The monoisotopic (exact) mass is 466 g/mol. The fourth-order valence-corrected chi connectivity index (χ4v) is 7.25. The molecule has 0 aliphatic carbocycles. The van der Waals surface area contributed by atoms with Crippen molar-refractivity contribution >= 4 is 24.1 Å². The number of ether oxygens (including phenoxy) is 1. The average molecular weight is 467 g/mol. The van der Waals surface area contributed by atoms with Crippen molar-refractivity contribution < 1.29 is 23.1 Å². The molecule has 0 spiro atoms. The zero-order valence-corrected chi connectivity index (χ0v) is 22.2. The van der Waals surface area contributed by atoms with Gasteiger partial charge in [-0.05, 0) is 86.8 Å². The van der Waals surface area contributed by atoms with E-state index in [0.717, 1.165) is 50.5 Å². The first-order valence-corrected chi connectivity index (χ1v) is 13.9. The molecule has 1 rings (SSSR count). The number of rotatable bonds is 10. The van der Waals surface area contributed by atoms with E-state index in [1.807, 2.05) is 55.4 Å². The number of carbonyl (C=O) groups is 1. The van der Waals surface area contributed by atoms with Crippen LogP contribution in [0.15, 0.2) is 0 Å². The van der Waals surface area contributed by atoms with Crippen molar-refractivity contribution in [2.75, 3.05) is 52.1 Å². The molecule has 0 aromatic carbocycles. The van der Waals surface area contributed by atoms with Crippen LogP contribution in [0.1, 0.15) is 61.8 Å². The van der Waals surface area contributed by atoms with E-state index in [0.29, 0.717) is 5.75 Å². The molecule has 1 fully saturated rings. The van der Waals surface area contributed by atoms with E-state index >= 15 is 0 Å². The number of likely N-dealkylation sites (N-methyl/N-ethyl adjacent to an activating group) is 1. The van der Waals surface area contributed by atoms with Gasteiger partial charge in [0.05, 0.1) is 16.6 Å². The molecule has 0 radical (unpaired) electrons. The van der Waals surface area contributed by atoms with Gasteiger partial charge in [-0.3, -0.25) is 13.8 Å². The highest BCUT2D eigenvalue weighted by Gasteiger charge is 2.36. The molecular weight excluding hydrogens is 423 g/mol. The summed E-state index contributed by atoms with van der Waals surface area (Å²) in [4.78, 5) is 17.3. The summed E-state index contributed by atoms with van der Waals surface area (Å²) in [6, 6.07) is 0. The van der Waals surface area contributed by atoms with Crippen LogP contribution in [0.2, 0.25) is 0 Å². The second-order valence-electron chi connectivity index (χ2n) is 10.6. The van der Waals surface area contributed by atoms with Gasteiger partial charge in [0.2, 0.25) is 0 Å². The van der Waals surface area contributed by atoms with E-state index in [2.05, 4.69) is 16.8 Å². The van der Waals surface area contributed by atoms with Crippen LogP contribution < -0.4 is 0 Å². The molecule has 0 amide bonds. The van der Waals surface area contributed by atoms with Crippen molar-refractivity contribution in [3.05, 3.63) is 0 Å². The van der Waals surface area contributed by atoms with Crippen LogP contribution >= 0.6 is 18.2 Å². The molecule has 9 heteroatoms. The molecule has 0 aromatic rings. The van der Waals surface area contributed by atoms with Gasteiger partial charge in [-0.25, -0.2) is 4.57 Å². The van der Waals surface area contributed by atoms with E-state index < -0.39 is 23.4 Å². The molecule has 1 aliphatic rings. The minimum absolute atomic E-state index is 0.173. The highest BCUT2D eigenvalue weighted by Crippen LogP contribution is 2.64. The van der Waals surface area contributed by atoms with Gasteiger partial charge in [0.25, 0.3) is 0 Å². The maximum Gasteiger partial charge on any atom is 0.390 e. The Morgan fingerprint density at radius 2 is 1.43 bits per heavy atom. The zero-order chi connectivity index (χ0) is 23.2. The number of nitrogens with zero attached hydrogens (tertiary/aromatic N) is 2. The molecular formula is C21H43N2O5PS. The molecule has 0 aromatic heterocycles. The van der Waals surface area contributed by atoms with Gasteiger partial charge in [-0.15, -0.1) is 0 Å². The third-order valence-electron chi connectivity index (χ3n) is 4.54. The zero-order valence-electron chi connectivity index (χ0n) is 20.4. The Morgan fingerprint density at radius 3 is 1.90 bits per heavy atom. The second-order valence-corrected chi connectivity index (χ2v) is 14.6. The molecule has 0 saturated carbocycles. The largest absolute Gasteiger partial charge is 0.464 e. The molecule has 1 aliphatic heterocycles. The van der Waals surface area contributed by atoms with E-state index in [1.54, 1.807) is 0 Å². The van der Waals surface area contributed by atoms with E-state index in [9.17, 15) is 9.36 Å². The highest BCUT2D eigenvalue weighted by molar-refractivity contribution is 8.55. The molecule has 1 saturated heterocycles. The van der Waals surface area contributed by atoms with Crippen molar-refractivity contribution in [2.45, 2.75) is 73.0 Å². The van der Waals surface area contributed by atoms with Gasteiger partial charge in [0.15, 0.2) is 0 Å². The summed E-state index contributed by atoms with van der Waals surface area (Å²) >= 11 is 1.09. The molecule has 7 nitrogen and oxygen atoms in total. The van der Waals surface area contributed by atoms with Crippen LogP contribution in [0.4, 0.5) is 0 Å². The maximum absolute atomic E-state index is 13.2. The van der Waals surface area contributed by atoms with Crippen molar-refractivity contribution in [3.63, 3.8) is 0 Å². The second kappa shape index (κ2) is 11.2. The molecule has 0 unspecified atom stereocenters. The molecule has 0 N–H and O–H groups in total. The topological polar surface area (TPSA) is 68.3 Å². The van der Waals surface area contributed by atoms with Gasteiger partial charge >= 0.3 is 12.8 Å². The normalized spacial score (nSPS) is 17.9. The first-order chi connectivity index (χ1) is 13.5. The fourth-order valence-electron chi connectivity index (χ4n) is 2.83. The van der Waals surface area contributed by atoms with Crippen LogP contribution in [0.25, 0.3) is 0 Å². The van der Waals surface area contributed by atoms with Gasteiger partial charge < -0.3 is 14.5 Å². The third-order valence-corrected chi connectivity index (χ3v) is 8.69. The standard InChI is InChI=1S/C21H43N2O5PS/c1-19(2,3)27-29(25,28-20(4,5)6)30-17-16-26-18(24)21(7,8)10-11-23-14-12-22(9)13-15-23/h10-17H2,1-9H3. The summed E-state index contributed by atoms with van der Waals surface area (Å²) in [7, 11) is 2.13. The minimum Gasteiger partial charge on any atom is -0.464 e. The third kappa shape index (κ3) is 11.5. The first kappa shape index (κ1) is 27.9. The predicted octanol–water partition coefficient (Wildman–Crippen LogP) is 4.66. The lowest BCUT2D eigenvalue weighted by atomic mass is 9.89. The summed E-state index contributed by atoms with van der Waals surface area (Å²) in [6.45, 7) is 16.8. The molecule has 30 heavy (non-hydrogen) atoms. The van der Waals surface area contributed by atoms with Crippen LogP contribution in [0, 0.1) is 5.41 Å². The first-order valence-electron chi connectivity index (χ1n) is 10.8. The summed E-state index contributed by atoms with van der Waals surface area (Å²) in [5, 5.41) is 0. The van der Waals surface area contributed by atoms with Gasteiger partial charge in [0.1, 0.15) is 6.61 Å². The lowest BCUT2D eigenvalue weighted by molar-refractivity contribution is -0.153. The van der Waals surface area contributed by atoms with Gasteiger partial charge in [-0.1, -0.05) is 0 Å². The minimum atomic E-state index is -3.38. The van der Waals surface area contributed by atoms with Gasteiger partial charge in [0, 0.05) is 31.9 Å². The Hall–Kier alpha value is -0.110. The SMILES string of the molecule is CN1CCN(CCC(C)(C)C(=O)OCCSP(=O)(OC(C)(C)C)OC(C)(C)C)CC1. The maximum atomic E-state index is 13.2. The van der Waals surface area contributed by atoms with Gasteiger partial charge in [-0.2, -0.15) is 0 Å². The number of hydrogen-bond donors (Lipinski definition) is 0. The Morgan fingerprint density at radius 1 is 0.933 bits per heavy atom. The van der Waals surface area contributed by atoms with Crippen LogP contribution in [-0.4, -0.2) is 79.1 Å². The summed E-state index contributed by atoms with van der Waals surface area (Å²) < 4.78 is 30.1. The van der Waals surface area contributed by atoms with Crippen molar-refractivity contribution in [1.82, 2.24) is 9.80 Å². The van der Waals surface area contributed by atoms with Crippen LogP contribution in [0.3, 0.4) is 0 Å². The Labute approximate surface area is 187 Å². The highest BCUT2D eigenvalue weighted by atomic mass is 32.7. The smallest absolute Gasteiger partial charge is 0.390 e. The average Bonchev–Trinajstić information content (AvgIpc) is 2.54. The van der Waals surface area contributed by atoms with E-state index in [-0.39, 0.29) is 12.6 Å². The molecule has 1 heterocycles. The quantitative estimate of drug-likeness (QED) is 0.262. The number of hydrogen-bond acceptors (Lipinski definition) is 8. The fraction of sp³-hybridized carbons (Fsp3) is 0.952. The van der Waals surface area contributed by atoms with Crippen molar-refractivity contribution in [1.29, 1.82) is 0 Å². The lowest BCUT2D eigenvalue weighted by Gasteiger charge is -2.34. The molecule has 0 atom stereocenters.